The van der Waals surface area contributed by atoms with Gasteiger partial charge in [0.15, 0.2) is 0 Å². The van der Waals surface area contributed by atoms with E-state index in [1.54, 1.807) is 0 Å². The molecule has 0 aliphatic heterocycles. The highest BCUT2D eigenvalue weighted by Crippen LogP contribution is 2.19. The average molecular weight is 228 g/mol. The maximum Gasteiger partial charge on any atom is 0.339 e. The minimum Gasteiger partial charge on any atom is -0.459 e. The van der Waals surface area contributed by atoms with Gasteiger partial charge in [0.25, 0.3) is 0 Å². The molecule has 0 spiro atoms. The summed E-state index contributed by atoms with van der Waals surface area (Å²) in [6, 6.07) is 13.5. The Morgan fingerprint density at radius 3 is 2.65 bits per heavy atom. The fourth-order valence-corrected chi connectivity index (χ4v) is 1.73. The zero-order valence-corrected chi connectivity index (χ0v) is 10.1. The van der Waals surface area contributed by atoms with Crippen molar-refractivity contribution in [2.75, 3.05) is 0 Å². The quantitative estimate of drug-likeness (QED) is 0.747. The van der Waals surface area contributed by atoms with Gasteiger partial charge in [-0.15, -0.1) is 0 Å². The molecule has 2 heteroatoms. The Morgan fingerprint density at radius 2 is 1.88 bits per heavy atom. The first-order valence-electron chi connectivity index (χ1n) is 5.91. The molecule has 17 heavy (non-hydrogen) atoms. The van der Waals surface area contributed by atoms with Crippen molar-refractivity contribution >= 4 is 16.7 Å². The highest BCUT2D eigenvalue weighted by atomic mass is 16.5. The Bertz CT molecular complexity index is 526. The topological polar surface area (TPSA) is 26.3 Å². The molecule has 0 aliphatic carbocycles. The summed E-state index contributed by atoms with van der Waals surface area (Å²) in [6.45, 7) is 3.91. The maximum atomic E-state index is 12.0. The van der Waals surface area contributed by atoms with Gasteiger partial charge in [-0.25, -0.2) is 4.79 Å². The van der Waals surface area contributed by atoms with Gasteiger partial charge in [-0.05, 0) is 30.2 Å². The minimum absolute atomic E-state index is 0.0403. The molecule has 0 amide bonds. The third-order valence-electron chi connectivity index (χ3n) is 2.89. The molecule has 0 aliphatic rings. The second-order valence-corrected chi connectivity index (χ2v) is 4.15. The number of hydrogen-bond donors (Lipinski definition) is 0. The summed E-state index contributed by atoms with van der Waals surface area (Å²) in [7, 11) is 0. The molecule has 0 heterocycles. The van der Waals surface area contributed by atoms with Gasteiger partial charge in [-0.3, -0.25) is 0 Å². The standard InChI is InChI=1S/C15H16O2/c1-3-11(2)17-15(16)14-10-6-8-12-7-4-5-9-13(12)14/h4-11H,3H2,1-2H3/t11-/m1/s1. The molecule has 0 saturated heterocycles. The summed E-state index contributed by atoms with van der Waals surface area (Å²) in [5.41, 5.74) is 0.642. The smallest absolute Gasteiger partial charge is 0.339 e. The molecule has 0 bridgehead atoms. The highest BCUT2D eigenvalue weighted by molar-refractivity contribution is 6.04. The number of benzene rings is 2. The van der Waals surface area contributed by atoms with Gasteiger partial charge >= 0.3 is 5.97 Å². The molecule has 0 fully saturated rings. The first-order valence-corrected chi connectivity index (χ1v) is 5.91. The predicted octanol–water partition coefficient (Wildman–Crippen LogP) is 3.80. The molecule has 2 aromatic rings. The van der Waals surface area contributed by atoms with Gasteiger partial charge in [0.2, 0.25) is 0 Å². The van der Waals surface area contributed by atoms with Gasteiger partial charge in [0, 0.05) is 0 Å². The number of ether oxygens (including phenoxy) is 1. The first kappa shape index (κ1) is 11.6. The van der Waals surface area contributed by atoms with E-state index >= 15 is 0 Å². The maximum absolute atomic E-state index is 12.0. The molecule has 2 rings (SSSR count). The van der Waals surface area contributed by atoms with E-state index in [2.05, 4.69) is 0 Å². The Kier molecular flexibility index (Phi) is 3.43. The molecule has 2 nitrogen and oxygen atoms in total. The highest BCUT2D eigenvalue weighted by Gasteiger charge is 2.13. The Labute approximate surface area is 101 Å². The van der Waals surface area contributed by atoms with Gasteiger partial charge in [-0.2, -0.15) is 0 Å². The Hall–Kier alpha value is -1.83. The van der Waals surface area contributed by atoms with Crippen molar-refractivity contribution in [3.8, 4) is 0 Å². The lowest BCUT2D eigenvalue weighted by atomic mass is 10.0. The van der Waals surface area contributed by atoms with Gasteiger partial charge < -0.3 is 4.74 Å². The number of esters is 1. The van der Waals surface area contributed by atoms with Crippen molar-refractivity contribution < 1.29 is 9.53 Å². The summed E-state index contributed by atoms with van der Waals surface area (Å²) in [6.07, 6.45) is 0.790. The zero-order valence-electron chi connectivity index (χ0n) is 10.1. The number of hydrogen-bond acceptors (Lipinski definition) is 2. The monoisotopic (exact) mass is 228 g/mol. The van der Waals surface area contributed by atoms with Crippen LogP contribution in [0.1, 0.15) is 30.6 Å². The van der Waals surface area contributed by atoms with Crippen molar-refractivity contribution in [3.63, 3.8) is 0 Å². The van der Waals surface area contributed by atoms with Gasteiger partial charge in [0.1, 0.15) is 0 Å². The lowest BCUT2D eigenvalue weighted by Crippen LogP contribution is -2.14. The second kappa shape index (κ2) is 5.00. The molecule has 0 saturated carbocycles. The van der Waals surface area contributed by atoms with E-state index in [0.29, 0.717) is 5.56 Å². The molecule has 2 aromatic carbocycles. The Balaban J connectivity index is 2.38. The van der Waals surface area contributed by atoms with Crippen molar-refractivity contribution in [1.82, 2.24) is 0 Å². The van der Waals surface area contributed by atoms with E-state index in [9.17, 15) is 4.79 Å². The summed E-state index contributed by atoms with van der Waals surface area (Å²) in [4.78, 5) is 12.0. The third-order valence-corrected chi connectivity index (χ3v) is 2.89. The molecule has 0 radical (unpaired) electrons. The van der Waals surface area contributed by atoms with E-state index in [-0.39, 0.29) is 12.1 Å². The first-order chi connectivity index (χ1) is 8.22. The van der Waals surface area contributed by atoms with Gasteiger partial charge in [-0.1, -0.05) is 43.3 Å². The van der Waals surface area contributed by atoms with Crippen LogP contribution in [0.4, 0.5) is 0 Å². The van der Waals surface area contributed by atoms with Crippen LogP contribution < -0.4 is 0 Å². The summed E-state index contributed by atoms with van der Waals surface area (Å²) in [5, 5.41) is 2.01. The van der Waals surface area contributed by atoms with Crippen molar-refractivity contribution in [1.29, 1.82) is 0 Å². The molecule has 0 unspecified atom stereocenters. The number of fused-ring (bicyclic) bond motifs is 1. The summed E-state index contributed by atoms with van der Waals surface area (Å²) < 4.78 is 5.35. The molecule has 0 aromatic heterocycles. The zero-order chi connectivity index (χ0) is 12.3. The lowest BCUT2D eigenvalue weighted by Gasteiger charge is -2.12. The van der Waals surface area contributed by atoms with Crippen LogP contribution in [0.25, 0.3) is 10.8 Å². The van der Waals surface area contributed by atoms with Crippen LogP contribution in [0.3, 0.4) is 0 Å². The van der Waals surface area contributed by atoms with Gasteiger partial charge in [0.05, 0.1) is 11.7 Å². The van der Waals surface area contributed by atoms with E-state index in [1.807, 2.05) is 56.3 Å². The van der Waals surface area contributed by atoms with Crippen LogP contribution in [0.15, 0.2) is 42.5 Å². The number of rotatable bonds is 3. The SMILES string of the molecule is CC[C@@H](C)OC(=O)c1cccc2ccccc12. The minimum atomic E-state index is -0.240. The number of carbonyl (C=O) groups excluding carboxylic acids is 1. The largest absolute Gasteiger partial charge is 0.459 e. The van der Waals surface area contributed by atoms with Crippen LogP contribution in [0.2, 0.25) is 0 Å². The van der Waals surface area contributed by atoms with Crippen LogP contribution >= 0.6 is 0 Å². The van der Waals surface area contributed by atoms with Crippen LogP contribution in [0, 0.1) is 0 Å². The van der Waals surface area contributed by atoms with E-state index < -0.39 is 0 Å². The summed E-state index contributed by atoms with van der Waals surface area (Å²) >= 11 is 0. The fourth-order valence-electron chi connectivity index (χ4n) is 1.73. The van der Waals surface area contributed by atoms with Crippen molar-refractivity contribution in [3.05, 3.63) is 48.0 Å². The normalized spacial score (nSPS) is 12.4. The lowest BCUT2D eigenvalue weighted by molar-refractivity contribution is 0.0337. The second-order valence-electron chi connectivity index (χ2n) is 4.15. The van der Waals surface area contributed by atoms with E-state index in [0.717, 1.165) is 17.2 Å². The van der Waals surface area contributed by atoms with E-state index in [1.165, 1.54) is 0 Å². The number of carbonyl (C=O) groups is 1. The summed E-state index contributed by atoms with van der Waals surface area (Å²) in [5.74, 6) is -0.240. The van der Waals surface area contributed by atoms with E-state index in [4.69, 9.17) is 4.74 Å². The molecule has 88 valence electrons. The fraction of sp³-hybridized carbons (Fsp3) is 0.267. The van der Waals surface area contributed by atoms with Crippen LogP contribution in [-0.4, -0.2) is 12.1 Å². The predicted molar refractivity (Wildman–Crippen MR) is 69.1 cm³/mol. The van der Waals surface area contributed by atoms with Crippen LogP contribution in [-0.2, 0) is 4.74 Å². The Morgan fingerprint density at radius 1 is 1.18 bits per heavy atom. The molecule has 1 atom stereocenters. The van der Waals surface area contributed by atoms with Crippen molar-refractivity contribution in [2.24, 2.45) is 0 Å². The molecular formula is C15H16O2. The molecular weight excluding hydrogens is 212 g/mol. The third kappa shape index (κ3) is 2.47. The molecule has 0 N–H and O–H groups in total. The van der Waals surface area contributed by atoms with Crippen molar-refractivity contribution in [2.45, 2.75) is 26.4 Å². The van der Waals surface area contributed by atoms with Crippen LogP contribution in [0.5, 0.6) is 0 Å². The average Bonchev–Trinajstić information content (AvgIpc) is 2.37.